The topological polar surface area (TPSA) is 13.0 Å². The molecule has 0 N–H and O–H groups in total. The summed E-state index contributed by atoms with van der Waals surface area (Å²) in [6.07, 6.45) is 3.53. The minimum absolute atomic E-state index is 0.386. The number of hydrogen-bond donors (Lipinski definition) is 0. The van der Waals surface area contributed by atoms with E-state index in [9.17, 15) is 0 Å². The molecule has 0 aromatic heterocycles. The van der Waals surface area contributed by atoms with Crippen LogP contribution in [0.3, 0.4) is 0 Å². The largest absolute Gasteiger partial charge is 0.309 e. The van der Waals surface area contributed by atoms with Gasteiger partial charge in [0.25, 0.3) is 0 Å². The molecule has 0 aliphatic carbocycles. The van der Waals surface area contributed by atoms with Gasteiger partial charge in [-0.05, 0) is 81.2 Å². The lowest BCUT2D eigenvalue weighted by molar-refractivity contribution is 0.108. The van der Waals surface area contributed by atoms with Crippen LogP contribution in [0.1, 0.15) is 48.9 Å². The predicted octanol–water partition coefficient (Wildman–Crippen LogP) is 5.17. The van der Waals surface area contributed by atoms with Crippen molar-refractivity contribution in [2.75, 3.05) is 73.0 Å². The lowest BCUT2D eigenvalue weighted by Gasteiger charge is -2.41. The Morgan fingerprint density at radius 1 is 0.800 bits per heavy atom. The minimum atomic E-state index is 0.386. The average molecular weight is 475 g/mol. The van der Waals surface area contributed by atoms with Crippen LogP contribution in [0.15, 0.2) is 60.2 Å². The molecule has 0 radical (unpaired) electrons. The third kappa shape index (κ3) is 6.83. The molecule has 4 nitrogen and oxygen atoms in total. The standard InChI is InChI=1S/C31H46N4/c1-5-28-30(29-15-10-9-12-26(29)2)16-19-35(31(28)27-13-7-6-8-14-27)25-24-34-22-20-33(21-23-34)18-11-17-32(3)4/h6-10,12-15,31H,5,11,16-25H2,1-4H3. The maximum absolute atomic E-state index is 2.76. The lowest BCUT2D eigenvalue weighted by atomic mass is 9.82. The second-order valence-electron chi connectivity index (χ2n) is 10.6. The zero-order chi connectivity index (χ0) is 24.6. The smallest absolute Gasteiger partial charge is 0.0567 e. The van der Waals surface area contributed by atoms with Crippen LogP contribution in [0.4, 0.5) is 0 Å². The van der Waals surface area contributed by atoms with Gasteiger partial charge in [-0.25, -0.2) is 0 Å². The maximum Gasteiger partial charge on any atom is 0.0567 e. The molecular formula is C31H46N4. The predicted molar refractivity (Wildman–Crippen MR) is 150 cm³/mol. The van der Waals surface area contributed by atoms with E-state index >= 15 is 0 Å². The van der Waals surface area contributed by atoms with E-state index in [1.165, 1.54) is 68.9 Å². The molecule has 35 heavy (non-hydrogen) atoms. The van der Waals surface area contributed by atoms with Crippen LogP contribution in [0.5, 0.6) is 0 Å². The summed E-state index contributed by atoms with van der Waals surface area (Å²) in [4.78, 5) is 10.4. The van der Waals surface area contributed by atoms with E-state index in [1.807, 2.05) is 0 Å². The molecule has 2 aliphatic heterocycles. The fourth-order valence-electron chi connectivity index (χ4n) is 5.96. The molecule has 1 fully saturated rings. The number of rotatable bonds is 10. The van der Waals surface area contributed by atoms with Crippen molar-refractivity contribution in [3.05, 3.63) is 76.9 Å². The summed E-state index contributed by atoms with van der Waals surface area (Å²) in [5.41, 5.74) is 7.50. The van der Waals surface area contributed by atoms with E-state index in [-0.39, 0.29) is 0 Å². The molecule has 1 atom stereocenters. The Kier molecular flexibility index (Phi) is 9.56. The van der Waals surface area contributed by atoms with Gasteiger partial charge in [0.2, 0.25) is 0 Å². The first-order chi connectivity index (χ1) is 17.1. The van der Waals surface area contributed by atoms with Crippen molar-refractivity contribution in [2.45, 2.75) is 39.2 Å². The molecule has 4 heteroatoms. The lowest BCUT2D eigenvalue weighted by Crippen LogP contribution is -2.49. The summed E-state index contributed by atoms with van der Waals surface area (Å²) in [5, 5.41) is 0. The Bertz CT molecular complexity index is 943. The Morgan fingerprint density at radius 3 is 2.11 bits per heavy atom. The van der Waals surface area contributed by atoms with E-state index in [2.05, 4.69) is 102 Å². The van der Waals surface area contributed by atoms with Gasteiger partial charge in [-0.15, -0.1) is 0 Å². The molecule has 0 saturated carbocycles. The van der Waals surface area contributed by atoms with Gasteiger partial charge in [0, 0.05) is 45.8 Å². The number of nitrogens with zero attached hydrogens (tertiary/aromatic N) is 4. The monoisotopic (exact) mass is 474 g/mol. The summed E-state index contributed by atoms with van der Waals surface area (Å²) in [7, 11) is 4.34. The van der Waals surface area contributed by atoms with Gasteiger partial charge >= 0.3 is 0 Å². The number of hydrogen-bond acceptors (Lipinski definition) is 4. The van der Waals surface area contributed by atoms with E-state index in [0.717, 1.165) is 25.9 Å². The molecule has 0 bridgehead atoms. The van der Waals surface area contributed by atoms with E-state index in [1.54, 1.807) is 11.1 Å². The van der Waals surface area contributed by atoms with Crippen LogP contribution in [-0.4, -0.2) is 92.6 Å². The van der Waals surface area contributed by atoms with Gasteiger partial charge in [0.1, 0.15) is 0 Å². The van der Waals surface area contributed by atoms with Crippen molar-refractivity contribution in [1.82, 2.24) is 19.6 Å². The Balaban J connectivity index is 1.44. The maximum atomic E-state index is 2.76. The average Bonchev–Trinajstić information content (AvgIpc) is 2.88. The molecule has 2 aromatic rings. The first-order valence-electron chi connectivity index (χ1n) is 13.7. The van der Waals surface area contributed by atoms with Crippen LogP contribution < -0.4 is 0 Å². The fraction of sp³-hybridized carbons (Fsp3) is 0.548. The molecule has 1 saturated heterocycles. The van der Waals surface area contributed by atoms with Gasteiger partial charge < -0.3 is 9.80 Å². The van der Waals surface area contributed by atoms with Gasteiger partial charge in [0.05, 0.1) is 6.04 Å². The first kappa shape index (κ1) is 26.1. The summed E-state index contributed by atoms with van der Waals surface area (Å²) in [5.74, 6) is 0. The van der Waals surface area contributed by atoms with Crippen molar-refractivity contribution in [1.29, 1.82) is 0 Å². The van der Waals surface area contributed by atoms with Crippen LogP contribution in [0, 0.1) is 6.92 Å². The molecule has 4 rings (SSSR count). The first-order valence-corrected chi connectivity index (χ1v) is 13.7. The third-order valence-corrected chi connectivity index (χ3v) is 7.95. The molecule has 2 aromatic carbocycles. The summed E-state index contributed by atoms with van der Waals surface area (Å²) >= 11 is 0. The number of aryl methyl sites for hydroxylation is 1. The second-order valence-corrected chi connectivity index (χ2v) is 10.6. The van der Waals surface area contributed by atoms with Crippen molar-refractivity contribution in [3.63, 3.8) is 0 Å². The van der Waals surface area contributed by atoms with Gasteiger partial charge in [-0.1, -0.05) is 61.5 Å². The van der Waals surface area contributed by atoms with Gasteiger partial charge in [-0.3, -0.25) is 9.80 Å². The molecule has 1 unspecified atom stereocenters. The SMILES string of the molecule is CCC1=C(c2ccccc2C)CCN(CCN2CCN(CCCN(C)C)CC2)C1c1ccccc1. The normalized spacial score (nSPS) is 20.7. The highest BCUT2D eigenvalue weighted by molar-refractivity contribution is 5.73. The number of piperazine rings is 1. The Hall–Kier alpha value is -1.98. The Morgan fingerprint density at radius 2 is 1.46 bits per heavy atom. The molecule has 2 heterocycles. The van der Waals surface area contributed by atoms with Crippen LogP contribution in [0.2, 0.25) is 0 Å². The van der Waals surface area contributed by atoms with Crippen LogP contribution >= 0.6 is 0 Å². The van der Waals surface area contributed by atoms with Crippen molar-refractivity contribution < 1.29 is 0 Å². The summed E-state index contributed by atoms with van der Waals surface area (Å²) < 4.78 is 0. The third-order valence-electron chi connectivity index (χ3n) is 7.95. The molecule has 2 aliphatic rings. The Labute approximate surface area is 214 Å². The van der Waals surface area contributed by atoms with Crippen LogP contribution in [-0.2, 0) is 0 Å². The summed E-state index contributed by atoms with van der Waals surface area (Å²) in [6, 6.07) is 20.6. The fourth-order valence-corrected chi connectivity index (χ4v) is 5.96. The zero-order valence-electron chi connectivity index (χ0n) is 22.5. The van der Waals surface area contributed by atoms with Crippen molar-refractivity contribution >= 4 is 5.57 Å². The van der Waals surface area contributed by atoms with Crippen molar-refractivity contribution in [3.8, 4) is 0 Å². The minimum Gasteiger partial charge on any atom is -0.309 e. The highest BCUT2D eigenvalue weighted by Crippen LogP contribution is 2.41. The molecule has 0 amide bonds. The highest BCUT2D eigenvalue weighted by Gasteiger charge is 2.31. The summed E-state index contributed by atoms with van der Waals surface area (Å²) in [6.45, 7) is 15.3. The van der Waals surface area contributed by atoms with E-state index < -0.39 is 0 Å². The van der Waals surface area contributed by atoms with E-state index in [0.29, 0.717) is 6.04 Å². The quantitative estimate of drug-likeness (QED) is 0.471. The van der Waals surface area contributed by atoms with Gasteiger partial charge in [0.15, 0.2) is 0 Å². The molecule has 0 spiro atoms. The molecule has 190 valence electrons. The highest BCUT2D eigenvalue weighted by atomic mass is 15.3. The van der Waals surface area contributed by atoms with Crippen LogP contribution in [0.25, 0.3) is 5.57 Å². The zero-order valence-corrected chi connectivity index (χ0v) is 22.5. The van der Waals surface area contributed by atoms with E-state index in [4.69, 9.17) is 0 Å². The number of benzene rings is 2. The molecular weight excluding hydrogens is 428 g/mol. The van der Waals surface area contributed by atoms with Crippen molar-refractivity contribution in [2.24, 2.45) is 0 Å². The second kappa shape index (κ2) is 12.8. The van der Waals surface area contributed by atoms with Gasteiger partial charge in [-0.2, -0.15) is 0 Å².